The summed E-state index contributed by atoms with van der Waals surface area (Å²) in [4.78, 5) is 27.3. The number of nitrogen functional groups attached to an aromatic ring is 1. The molecule has 0 atom stereocenters. The van der Waals surface area contributed by atoms with Crippen LogP contribution in [0.25, 0.3) is 21.8 Å². The molecule has 37 heavy (non-hydrogen) atoms. The number of nitrogens with one attached hydrogen (secondary N) is 2. The molecule has 1 amide bonds. The van der Waals surface area contributed by atoms with Gasteiger partial charge in [0.15, 0.2) is 5.82 Å². The molecule has 0 aliphatic heterocycles. The number of nitrogens with zero attached hydrogens (tertiary/aromatic N) is 4. The second-order valence-corrected chi connectivity index (χ2v) is 10.6. The number of benzene rings is 1. The van der Waals surface area contributed by atoms with Crippen LogP contribution in [0.2, 0.25) is 0 Å². The van der Waals surface area contributed by atoms with Crippen LogP contribution >= 0.6 is 22.7 Å². The third-order valence-electron chi connectivity index (χ3n) is 5.66. The van der Waals surface area contributed by atoms with E-state index in [1.54, 1.807) is 35.7 Å². The van der Waals surface area contributed by atoms with Crippen LogP contribution in [0.1, 0.15) is 35.4 Å². The van der Waals surface area contributed by atoms with Gasteiger partial charge in [-0.25, -0.2) is 19.3 Å². The van der Waals surface area contributed by atoms with Crippen LogP contribution in [0.3, 0.4) is 0 Å². The Labute approximate surface area is 221 Å². The van der Waals surface area contributed by atoms with Crippen molar-refractivity contribution in [2.75, 3.05) is 16.4 Å². The van der Waals surface area contributed by atoms with Crippen LogP contribution in [0.15, 0.2) is 60.2 Å². The van der Waals surface area contributed by atoms with E-state index in [0.717, 1.165) is 22.5 Å². The maximum Gasteiger partial charge on any atom is 0.265 e. The number of thiophene rings is 2. The van der Waals surface area contributed by atoms with Gasteiger partial charge < -0.3 is 20.9 Å². The van der Waals surface area contributed by atoms with Crippen LogP contribution in [-0.4, -0.2) is 25.4 Å². The molecule has 1 aromatic carbocycles. The van der Waals surface area contributed by atoms with Crippen molar-refractivity contribution in [3.8, 4) is 21.8 Å². The van der Waals surface area contributed by atoms with E-state index in [1.807, 2.05) is 55.0 Å². The van der Waals surface area contributed by atoms with Crippen molar-refractivity contribution in [1.82, 2.24) is 19.5 Å². The van der Waals surface area contributed by atoms with Gasteiger partial charge in [-0.1, -0.05) is 12.1 Å². The highest BCUT2D eigenvalue weighted by Crippen LogP contribution is 2.32. The lowest BCUT2D eigenvalue weighted by atomic mass is 10.1. The number of nitrogens with two attached hydrogens (primary N) is 1. The standard InChI is InChI=1S/C26H24FN7OS2/c1-14(2)34-15(3)29-13-20(34)24-17(27)12-30-26(33-24)32-23-9-8-22(37-23)25(35)31-19-11-16(6-7-18(19)28)21-5-4-10-36-21/h4-14H,28H2,1-3H3,(H,31,35)(H,30,32,33). The van der Waals surface area contributed by atoms with Crippen LogP contribution < -0.4 is 16.4 Å². The molecule has 4 heterocycles. The Balaban J connectivity index is 1.34. The fraction of sp³-hybridized carbons (Fsp3) is 0.154. The zero-order valence-corrected chi connectivity index (χ0v) is 22.0. The largest absolute Gasteiger partial charge is 0.397 e. The lowest BCUT2D eigenvalue weighted by Crippen LogP contribution is -2.11. The van der Waals surface area contributed by atoms with Crippen molar-refractivity contribution < 1.29 is 9.18 Å². The predicted octanol–water partition coefficient (Wildman–Crippen LogP) is 6.74. The molecule has 8 nitrogen and oxygen atoms in total. The number of rotatable bonds is 7. The van der Waals surface area contributed by atoms with Crippen molar-refractivity contribution >= 4 is 50.9 Å². The molecule has 0 aliphatic carbocycles. The Morgan fingerprint density at radius 2 is 1.97 bits per heavy atom. The van der Waals surface area contributed by atoms with E-state index < -0.39 is 5.82 Å². The second-order valence-electron chi connectivity index (χ2n) is 8.57. The average Bonchev–Trinajstić information content (AvgIpc) is 3.63. The number of aromatic nitrogens is 4. The van der Waals surface area contributed by atoms with Crippen molar-refractivity contribution in [2.24, 2.45) is 0 Å². The summed E-state index contributed by atoms with van der Waals surface area (Å²) in [5.41, 5.74) is 8.84. The van der Waals surface area contributed by atoms with Gasteiger partial charge in [0, 0.05) is 10.9 Å². The first kappa shape index (κ1) is 24.6. The Morgan fingerprint density at radius 3 is 2.73 bits per heavy atom. The quantitative estimate of drug-likeness (QED) is 0.200. The molecule has 0 aliphatic rings. The fourth-order valence-electron chi connectivity index (χ4n) is 3.97. The van der Waals surface area contributed by atoms with E-state index in [1.165, 1.54) is 11.3 Å². The van der Waals surface area contributed by atoms with Crippen molar-refractivity contribution in [2.45, 2.75) is 26.8 Å². The molecule has 4 N–H and O–H groups in total. The summed E-state index contributed by atoms with van der Waals surface area (Å²) in [7, 11) is 0. The number of imidazole rings is 1. The lowest BCUT2D eigenvalue weighted by Gasteiger charge is -2.14. The number of aryl methyl sites for hydroxylation is 1. The maximum absolute atomic E-state index is 14.7. The zero-order chi connectivity index (χ0) is 26.1. The van der Waals surface area contributed by atoms with Gasteiger partial charge in [-0.05, 0) is 62.0 Å². The number of carbonyl (C=O) groups is 1. The number of halogens is 1. The number of amides is 1. The number of anilines is 4. The predicted molar refractivity (Wildman–Crippen MR) is 148 cm³/mol. The van der Waals surface area contributed by atoms with Crippen molar-refractivity contribution in [3.05, 3.63) is 76.8 Å². The van der Waals surface area contributed by atoms with Gasteiger partial charge in [0.05, 0.1) is 39.3 Å². The van der Waals surface area contributed by atoms with Crippen LogP contribution in [-0.2, 0) is 0 Å². The van der Waals surface area contributed by atoms with E-state index in [9.17, 15) is 9.18 Å². The summed E-state index contributed by atoms with van der Waals surface area (Å²) in [5, 5.41) is 8.60. The summed E-state index contributed by atoms with van der Waals surface area (Å²) in [6.07, 6.45) is 2.74. The van der Waals surface area contributed by atoms with Gasteiger partial charge in [0.2, 0.25) is 5.95 Å². The normalized spacial score (nSPS) is 11.2. The SMILES string of the molecule is Cc1ncc(-c2nc(Nc3ccc(C(=O)Nc4cc(-c5cccs5)ccc4N)s3)ncc2F)n1C(C)C. The second kappa shape index (κ2) is 10.1. The minimum Gasteiger partial charge on any atom is -0.397 e. The van der Waals surface area contributed by atoms with E-state index in [-0.39, 0.29) is 23.6 Å². The Hall–Kier alpha value is -4.09. The van der Waals surface area contributed by atoms with Crippen LogP contribution in [0.5, 0.6) is 0 Å². The Bertz CT molecular complexity index is 1570. The molecular formula is C26H24FN7OS2. The minimum atomic E-state index is -0.541. The summed E-state index contributed by atoms with van der Waals surface area (Å²) in [6, 6.07) is 13.1. The molecule has 0 bridgehead atoms. The third kappa shape index (κ3) is 5.09. The summed E-state index contributed by atoms with van der Waals surface area (Å²) in [5.74, 6) is 0.159. The molecule has 5 rings (SSSR count). The average molecular weight is 534 g/mol. The highest BCUT2D eigenvalue weighted by Gasteiger charge is 2.18. The molecule has 0 saturated heterocycles. The summed E-state index contributed by atoms with van der Waals surface area (Å²) < 4.78 is 16.6. The number of hydrogen-bond donors (Lipinski definition) is 3. The molecule has 0 unspecified atom stereocenters. The van der Waals surface area contributed by atoms with Crippen LogP contribution in [0, 0.1) is 12.7 Å². The van der Waals surface area contributed by atoms with Gasteiger partial charge in [-0.3, -0.25) is 4.79 Å². The highest BCUT2D eigenvalue weighted by atomic mass is 32.1. The Kier molecular flexibility index (Phi) is 6.72. The molecule has 4 aromatic heterocycles. The molecule has 188 valence electrons. The maximum atomic E-state index is 14.7. The van der Waals surface area contributed by atoms with Crippen molar-refractivity contribution in [3.63, 3.8) is 0 Å². The number of hydrogen-bond acceptors (Lipinski definition) is 8. The summed E-state index contributed by atoms with van der Waals surface area (Å²) in [6.45, 7) is 5.87. The minimum absolute atomic E-state index is 0.0849. The van der Waals surface area contributed by atoms with E-state index >= 15 is 0 Å². The number of carbonyl (C=O) groups excluding carboxylic acids is 1. The van der Waals surface area contributed by atoms with E-state index in [0.29, 0.717) is 26.9 Å². The fourth-order valence-corrected chi connectivity index (χ4v) is 5.49. The van der Waals surface area contributed by atoms with Gasteiger partial charge in [-0.2, -0.15) is 0 Å². The van der Waals surface area contributed by atoms with Crippen LogP contribution in [0.4, 0.5) is 26.7 Å². The zero-order valence-electron chi connectivity index (χ0n) is 20.3. The Morgan fingerprint density at radius 1 is 1.14 bits per heavy atom. The first-order valence-electron chi connectivity index (χ1n) is 11.5. The monoisotopic (exact) mass is 533 g/mol. The molecule has 5 aromatic rings. The van der Waals surface area contributed by atoms with Gasteiger partial charge in [0.1, 0.15) is 11.5 Å². The highest BCUT2D eigenvalue weighted by molar-refractivity contribution is 7.18. The summed E-state index contributed by atoms with van der Waals surface area (Å²) >= 11 is 2.84. The molecule has 11 heteroatoms. The first-order chi connectivity index (χ1) is 17.8. The van der Waals surface area contributed by atoms with E-state index in [4.69, 9.17) is 5.73 Å². The molecule has 0 saturated carbocycles. The smallest absolute Gasteiger partial charge is 0.265 e. The van der Waals surface area contributed by atoms with Gasteiger partial charge >= 0.3 is 0 Å². The van der Waals surface area contributed by atoms with Gasteiger partial charge in [0.25, 0.3) is 5.91 Å². The molecule has 0 fully saturated rings. The van der Waals surface area contributed by atoms with E-state index in [2.05, 4.69) is 25.6 Å². The molecule has 0 radical (unpaired) electrons. The molecular weight excluding hydrogens is 509 g/mol. The molecule has 0 spiro atoms. The first-order valence-corrected chi connectivity index (χ1v) is 13.2. The topological polar surface area (TPSA) is 111 Å². The van der Waals surface area contributed by atoms with Crippen molar-refractivity contribution in [1.29, 1.82) is 0 Å². The van der Waals surface area contributed by atoms with Gasteiger partial charge in [-0.15, -0.1) is 22.7 Å². The third-order valence-corrected chi connectivity index (χ3v) is 7.58. The lowest BCUT2D eigenvalue weighted by molar-refractivity contribution is 0.103.